The van der Waals surface area contributed by atoms with Crippen LogP contribution in [-0.2, 0) is 30.2 Å². The van der Waals surface area contributed by atoms with Crippen molar-refractivity contribution >= 4 is 12.1 Å². The number of methoxy groups -OCH3 is 1. The van der Waals surface area contributed by atoms with Crippen LogP contribution in [0.2, 0.25) is 0 Å². The zero-order chi connectivity index (χ0) is 25.4. The Bertz CT molecular complexity index is 712. The highest BCUT2D eigenvalue weighted by Gasteiger charge is 2.21. The third-order valence-corrected chi connectivity index (χ3v) is 4.58. The highest BCUT2D eigenvalue weighted by Crippen LogP contribution is 2.16. The predicted octanol–water partition coefficient (Wildman–Crippen LogP) is 3.24. The minimum absolute atomic E-state index is 0.0781. The highest BCUT2D eigenvalue weighted by molar-refractivity contribution is 5.72. The lowest BCUT2D eigenvalue weighted by Crippen LogP contribution is -2.38. The molecule has 9 nitrogen and oxygen atoms in total. The lowest BCUT2D eigenvalue weighted by molar-refractivity contribution is -0.149. The number of carboxylic acids is 1. The van der Waals surface area contributed by atoms with Gasteiger partial charge in [0.15, 0.2) is 6.10 Å². The Morgan fingerprint density at radius 3 is 2.32 bits per heavy atom. The summed E-state index contributed by atoms with van der Waals surface area (Å²) in [7, 11) is 1.49. The molecule has 0 saturated heterocycles. The van der Waals surface area contributed by atoms with E-state index in [0.29, 0.717) is 12.4 Å². The molecule has 0 saturated carbocycles. The molecular weight excluding hydrogens is 456 g/mol. The van der Waals surface area contributed by atoms with Gasteiger partial charge in [-0.05, 0) is 31.5 Å². The molecule has 1 unspecified atom stereocenters. The Balaban J connectivity index is 2.53. The van der Waals surface area contributed by atoms with Gasteiger partial charge in [0, 0.05) is 33.1 Å². The summed E-state index contributed by atoms with van der Waals surface area (Å²) in [6.07, 6.45) is -1.67. The number of ether oxygens (including phenoxy) is 5. The van der Waals surface area contributed by atoms with E-state index in [4.69, 9.17) is 23.7 Å². The zero-order valence-electron chi connectivity index (χ0n) is 20.0. The van der Waals surface area contributed by atoms with E-state index in [0.717, 1.165) is 12.5 Å². The molecule has 0 aliphatic carbocycles. The van der Waals surface area contributed by atoms with Crippen LogP contribution in [0.3, 0.4) is 0 Å². The molecule has 0 fully saturated rings. The van der Waals surface area contributed by atoms with E-state index in [9.17, 15) is 23.5 Å². The third-order valence-electron chi connectivity index (χ3n) is 4.58. The first-order valence-electron chi connectivity index (χ1n) is 11.1. The lowest BCUT2D eigenvalue weighted by Gasteiger charge is -2.22. The van der Waals surface area contributed by atoms with Gasteiger partial charge in [0.2, 0.25) is 5.92 Å². The van der Waals surface area contributed by atoms with Gasteiger partial charge in [0.1, 0.15) is 19.0 Å². The number of alkyl halides is 2. The van der Waals surface area contributed by atoms with Crippen LogP contribution in [0.5, 0.6) is 5.75 Å². The standard InChI is InChI=1S/C23H35F2NO8/c1-4-32-20(21(27)28)17-18-5-7-19(8-6-18)33-14-11-26(22(29)34-16-15-30-3)10-13-31-12-9-23(2,24)25/h5-8,20H,4,9-17H2,1-3H3,(H,27,28). The van der Waals surface area contributed by atoms with Crippen molar-refractivity contribution in [1.29, 1.82) is 0 Å². The van der Waals surface area contributed by atoms with Crippen molar-refractivity contribution in [1.82, 2.24) is 4.90 Å². The Hall–Kier alpha value is -2.50. The van der Waals surface area contributed by atoms with Gasteiger partial charge < -0.3 is 33.7 Å². The quantitative estimate of drug-likeness (QED) is 0.312. The second-order valence-corrected chi connectivity index (χ2v) is 7.51. The van der Waals surface area contributed by atoms with E-state index >= 15 is 0 Å². The summed E-state index contributed by atoms with van der Waals surface area (Å²) >= 11 is 0. The average Bonchev–Trinajstić information content (AvgIpc) is 2.77. The molecule has 11 heteroatoms. The van der Waals surface area contributed by atoms with Crippen molar-refractivity contribution in [2.24, 2.45) is 0 Å². The number of halogens is 2. The number of aliphatic carboxylic acids is 1. The summed E-state index contributed by atoms with van der Waals surface area (Å²) in [5.41, 5.74) is 0.784. The van der Waals surface area contributed by atoms with Crippen molar-refractivity contribution in [3.05, 3.63) is 29.8 Å². The van der Waals surface area contributed by atoms with Crippen molar-refractivity contribution in [2.75, 3.05) is 59.8 Å². The minimum Gasteiger partial charge on any atom is -0.492 e. The molecule has 194 valence electrons. The summed E-state index contributed by atoms with van der Waals surface area (Å²) in [6, 6.07) is 6.90. The van der Waals surface area contributed by atoms with Gasteiger partial charge in [-0.2, -0.15) is 0 Å². The number of nitrogens with zero attached hydrogens (tertiary/aromatic N) is 1. The fourth-order valence-corrected chi connectivity index (χ4v) is 2.75. The third kappa shape index (κ3) is 13.3. The van der Waals surface area contributed by atoms with Crippen LogP contribution in [-0.4, -0.2) is 93.9 Å². The predicted molar refractivity (Wildman–Crippen MR) is 120 cm³/mol. The molecule has 1 rings (SSSR count). The second kappa shape index (κ2) is 16.2. The first-order valence-corrected chi connectivity index (χ1v) is 11.1. The molecule has 1 aromatic rings. The van der Waals surface area contributed by atoms with Gasteiger partial charge in [-0.25, -0.2) is 18.4 Å². The summed E-state index contributed by atoms with van der Waals surface area (Å²) in [6.45, 7) is 3.64. The van der Waals surface area contributed by atoms with E-state index < -0.39 is 30.5 Å². The van der Waals surface area contributed by atoms with Gasteiger partial charge in [-0.15, -0.1) is 0 Å². The van der Waals surface area contributed by atoms with Crippen LogP contribution in [0.4, 0.5) is 13.6 Å². The fraction of sp³-hybridized carbons (Fsp3) is 0.652. The molecule has 0 heterocycles. The number of carboxylic acid groups (broad SMARTS) is 1. The zero-order valence-corrected chi connectivity index (χ0v) is 20.0. The van der Waals surface area contributed by atoms with Crippen LogP contribution >= 0.6 is 0 Å². The maximum atomic E-state index is 12.9. The molecule has 0 aromatic heterocycles. The van der Waals surface area contributed by atoms with E-state index in [-0.39, 0.29) is 52.5 Å². The average molecular weight is 492 g/mol. The summed E-state index contributed by atoms with van der Waals surface area (Å²) < 4.78 is 51.8. The van der Waals surface area contributed by atoms with Gasteiger partial charge in [0.05, 0.1) is 26.4 Å². The number of hydrogen-bond donors (Lipinski definition) is 1. The van der Waals surface area contributed by atoms with Crippen LogP contribution < -0.4 is 4.74 Å². The molecular formula is C23H35F2NO8. The molecule has 0 aliphatic heterocycles. The second-order valence-electron chi connectivity index (χ2n) is 7.51. The van der Waals surface area contributed by atoms with Gasteiger partial charge in [0.25, 0.3) is 0 Å². The first-order chi connectivity index (χ1) is 16.2. The Kier molecular flexibility index (Phi) is 14.1. The van der Waals surface area contributed by atoms with E-state index in [1.165, 1.54) is 12.0 Å². The molecule has 1 atom stereocenters. The van der Waals surface area contributed by atoms with Gasteiger partial charge in [-0.3, -0.25) is 0 Å². The van der Waals surface area contributed by atoms with E-state index in [2.05, 4.69) is 0 Å². The monoisotopic (exact) mass is 491 g/mol. The van der Waals surface area contributed by atoms with E-state index in [1.54, 1.807) is 31.2 Å². The molecule has 0 bridgehead atoms. The van der Waals surface area contributed by atoms with Crippen LogP contribution in [0.25, 0.3) is 0 Å². The molecule has 34 heavy (non-hydrogen) atoms. The Labute approximate surface area is 198 Å². The number of carbonyl (C=O) groups is 2. The van der Waals surface area contributed by atoms with Crippen LogP contribution in [0, 0.1) is 0 Å². The van der Waals surface area contributed by atoms with Crippen molar-refractivity contribution in [3.8, 4) is 5.75 Å². The molecule has 1 N–H and O–H groups in total. The summed E-state index contributed by atoms with van der Waals surface area (Å²) in [5.74, 6) is -3.28. The smallest absolute Gasteiger partial charge is 0.410 e. The fourth-order valence-electron chi connectivity index (χ4n) is 2.75. The van der Waals surface area contributed by atoms with Crippen molar-refractivity contribution in [3.63, 3.8) is 0 Å². The Morgan fingerprint density at radius 1 is 1.06 bits per heavy atom. The minimum atomic E-state index is -2.81. The number of rotatable bonds is 18. The lowest BCUT2D eigenvalue weighted by atomic mass is 10.1. The van der Waals surface area contributed by atoms with Gasteiger partial charge >= 0.3 is 12.1 Å². The molecule has 0 aliphatic rings. The number of hydrogen-bond acceptors (Lipinski definition) is 7. The highest BCUT2D eigenvalue weighted by atomic mass is 19.3. The van der Waals surface area contributed by atoms with Gasteiger partial charge in [-0.1, -0.05) is 12.1 Å². The number of carbonyl (C=O) groups excluding carboxylic acids is 1. The summed E-state index contributed by atoms with van der Waals surface area (Å²) in [5, 5.41) is 9.19. The normalized spacial score (nSPS) is 12.3. The maximum Gasteiger partial charge on any atom is 0.410 e. The van der Waals surface area contributed by atoms with Crippen molar-refractivity contribution in [2.45, 2.75) is 38.7 Å². The summed E-state index contributed by atoms with van der Waals surface area (Å²) in [4.78, 5) is 24.9. The van der Waals surface area contributed by atoms with Crippen LogP contribution in [0.1, 0.15) is 25.8 Å². The Morgan fingerprint density at radius 2 is 1.74 bits per heavy atom. The molecule has 1 aromatic carbocycles. The maximum absolute atomic E-state index is 12.9. The largest absolute Gasteiger partial charge is 0.492 e. The molecule has 0 spiro atoms. The molecule has 1 amide bonds. The molecule has 0 radical (unpaired) electrons. The van der Waals surface area contributed by atoms with E-state index in [1.807, 2.05) is 0 Å². The number of benzene rings is 1. The van der Waals surface area contributed by atoms with Crippen LogP contribution in [0.15, 0.2) is 24.3 Å². The SMILES string of the molecule is CCOC(Cc1ccc(OCCN(CCOCCC(C)(F)F)C(=O)OCCOC)cc1)C(=O)O. The van der Waals surface area contributed by atoms with Crippen molar-refractivity contribution < 1.29 is 47.2 Å². The first kappa shape index (κ1) is 29.5. The topological polar surface area (TPSA) is 104 Å². The number of amides is 1.